The molecule has 1 aromatic heterocycles. The average Bonchev–Trinajstić information content (AvgIpc) is 2.22. The molecule has 2 rings (SSSR count). The minimum Gasteiger partial charge on any atom is -0.266 e. The summed E-state index contributed by atoms with van der Waals surface area (Å²) >= 11 is 5.63. The normalized spacial score (nSPS) is 10.3. The van der Waals surface area contributed by atoms with Gasteiger partial charge >= 0.3 is 0 Å². The fourth-order valence-corrected chi connectivity index (χ4v) is 1.32. The lowest BCUT2D eigenvalue weighted by Gasteiger charge is -1.99. The number of halogens is 2. The summed E-state index contributed by atoms with van der Waals surface area (Å²) < 4.78 is 12.9. The maximum absolute atomic E-state index is 12.9. The number of nitrogens with one attached hydrogen (secondary N) is 1. The van der Waals surface area contributed by atoms with E-state index < -0.39 is 5.56 Å². The smallest absolute Gasteiger partial charge is 0.266 e. The van der Waals surface area contributed by atoms with Crippen molar-refractivity contribution >= 4 is 11.6 Å². The van der Waals surface area contributed by atoms with Crippen LogP contribution in [0.25, 0.3) is 11.3 Å². The van der Waals surface area contributed by atoms with E-state index in [9.17, 15) is 9.18 Å². The van der Waals surface area contributed by atoms with Gasteiger partial charge in [0.05, 0.1) is 5.69 Å². The second-order valence-corrected chi connectivity index (χ2v) is 3.35. The highest BCUT2D eigenvalue weighted by atomic mass is 35.5. The summed E-state index contributed by atoms with van der Waals surface area (Å²) in [7, 11) is 0. The molecule has 0 fully saturated rings. The minimum absolute atomic E-state index is 0.0317. The molecule has 0 atom stereocenters. The maximum atomic E-state index is 12.9. The highest BCUT2D eigenvalue weighted by molar-refractivity contribution is 6.30. The number of rotatable bonds is 1. The molecule has 0 aliphatic carbocycles. The van der Waals surface area contributed by atoms with Gasteiger partial charge in [-0.2, -0.15) is 5.10 Å². The third-order valence-corrected chi connectivity index (χ3v) is 2.16. The van der Waals surface area contributed by atoms with Crippen LogP contribution in [0.15, 0.2) is 35.1 Å². The fraction of sp³-hybridized carbons (Fsp3) is 0. The van der Waals surface area contributed by atoms with Crippen molar-refractivity contribution < 1.29 is 4.39 Å². The van der Waals surface area contributed by atoms with Gasteiger partial charge in [0, 0.05) is 5.56 Å². The second-order valence-electron chi connectivity index (χ2n) is 2.94. The lowest BCUT2D eigenvalue weighted by molar-refractivity contribution is 0.628. The molecule has 0 radical (unpaired) electrons. The largest absolute Gasteiger partial charge is 0.282 e. The zero-order chi connectivity index (χ0) is 10.8. The molecular formula is C10H6ClFN2O. The van der Waals surface area contributed by atoms with E-state index in [1.807, 2.05) is 0 Å². The molecule has 1 heterocycles. The Kier molecular flexibility index (Phi) is 2.51. The molecule has 0 amide bonds. The van der Waals surface area contributed by atoms with E-state index in [1.54, 1.807) is 12.1 Å². The first-order chi connectivity index (χ1) is 7.16. The third kappa shape index (κ3) is 2.05. The van der Waals surface area contributed by atoms with Crippen molar-refractivity contribution in [2.45, 2.75) is 0 Å². The predicted octanol–water partition coefficient (Wildman–Crippen LogP) is 2.23. The molecule has 0 saturated heterocycles. The van der Waals surface area contributed by atoms with Gasteiger partial charge in [0.25, 0.3) is 5.56 Å². The minimum atomic E-state index is -0.461. The Morgan fingerprint density at radius 2 is 2.13 bits per heavy atom. The van der Waals surface area contributed by atoms with E-state index in [2.05, 4.69) is 10.2 Å². The van der Waals surface area contributed by atoms with Gasteiger partial charge in [0.1, 0.15) is 10.8 Å². The highest BCUT2D eigenvalue weighted by Crippen LogP contribution is 2.18. The average molecular weight is 225 g/mol. The molecule has 0 spiro atoms. The molecule has 15 heavy (non-hydrogen) atoms. The summed E-state index contributed by atoms with van der Waals surface area (Å²) in [5.74, 6) is -0.364. The molecule has 3 nitrogen and oxygen atoms in total. The van der Waals surface area contributed by atoms with Crippen molar-refractivity contribution in [2.24, 2.45) is 0 Å². The lowest BCUT2D eigenvalue weighted by Crippen LogP contribution is -2.08. The van der Waals surface area contributed by atoms with Crippen molar-refractivity contribution in [3.8, 4) is 11.3 Å². The van der Waals surface area contributed by atoms with Crippen molar-refractivity contribution in [3.63, 3.8) is 0 Å². The van der Waals surface area contributed by atoms with Crippen LogP contribution in [0.3, 0.4) is 0 Å². The first-order valence-electron chi connectivity index (χ1n) is 4.18. The lowest BCUT2D eigenvalue weighted by atomic mass is 10.1. The van der Waals surface area contributed by atoms with Crippen LogP contribution >= 0.6 is 11.6 Å². The second kappa shape index (κ2) is 3.82. The maximum Gasteiger partial charge on any atom is 0.282 e. The molecule has 0 aliphatic heterocycles. The van der Waals surface area contributed by atoms with Crippen molar-refractivity contribution in [3.05, 3.63) is 51.5 Å². The summed E-state index contributed by atoms with van der Waals surface area (Å²) in [6.07, 6.45) is 0. The molecule has 2 aromatic rings. The fourth-order valence-electron chi connectivity index (χ4n) is 1.18. The molecule has 0 bridgehead atoms. The number of nitrogens with zero attached hydrogens (tertiary/aromatic N) is 1. The van der Waals surface area contributed by atoms with Crippen LogP contribution in [0.2, 0.25) is 5.02 Å². The Balaban J connectivity index is 2.55. The van der Waals surface area contributed by atoms with Crippen molar-refractivity contribution in [1.29, 1.82) is 0 Å². The van der Waals surface area contributed by atoms with Crippen LogP contribution in [-0.2, 0) is 0 Å². The van der Waals surface area contributed by atoms with Crippen molar-refractivity contribution in [2.75, 3.05) is 0 Å². The predicted molar refractivity (Wildman–Crippen MR) is 55.3 cm³/mol. The monoisotopic (exact) mass is 224 g/mol. The molecule has 0 aliphatic rings. The van der Waals surface area contributed by atoms with Crippen LogP contribution in [0.5, 0.6) is 0 Å². The SMILES string of the molecule is O=c1[nH]nc(-c2cccc(F)c2)cc1Cl. The number of hydrogen-bond acceptors (Lipinski definition) is 2. The third-order valence-electron chi connectivity index (χ3n) is 1.88. The first kappa shape index (κ1) is 9.86. The van der Waals surface area contributed by atoms with Gasteiger partial charge in [0.2, 0.25) is 0 Å². The summed E-state index contributed by atoms with van der Waals surface area (Å²) in [6.45, 7) is 0. The van der Waals surface area contributed by atoms with Gasteiger partial charge in [-0.1, -0.05) is 23.7 Å². The molecule has 0 saturated carbocycles. The first-order valence-corrected chi connectivity index (χ1v) is 4.56. The van der Waals surface area contributed by atoms with Crippen molar-refractivity contribution in [1.82, 2.24) is 10.2 Å². The van der Waals surface area contributed by atoms with E-state index in [0.29, 0.717) is 11.3 Å². The van der Waals surface area contributed by atoms with Crippen LogP contribution in [0.1, 0.15) is 0 Å². The van der Waals surface area contributed by atoms with Gasteiger partial charge in [0.15, 0.2) is 0 Å². The summed E-state index contributed by atoms with van der Waals surface area (Å²) in [5, 5.41) is 6.02. The van der Waals surface area contributed by atoms with E-state index >= 15 is 0 Å². The Morgan fingerprint density at radius 1 is 1.33 bits per heavy atom. The van der Waals surface area contributed by atoms with Gasteiger partial charge < -0.3 is 0 Å². The quantitative estimate of drug-likeness (QED) is 0.808. The Labute approximate surface area is 89.5 Å². The Hall–Kier alpha value is -1.68. The number of H-pyrrole nitrogens is 1. The van der Waals surface area contributed by atoms with Crippen LogP contribution < -0.4 is 5.56 Å². The van der Waals surface area contributed by atoms with Gasteiger partial charge in [-0.05, 0) is 18.2 Å². The standard InChI is InChI=1S/C10H6ClFN2O/c11-8-5-9(13-14-10(8)15)6-2-1-3-7(12)4-6/h1-5H,(H,14,15). The van der Waals surface area contributed by atoms with E-state index in [1.165, 1.54) is 18.2 Å². The molecule has 1 aromatic carbocycles. The summed E-state index contributed by atoms with van der Waals surface area (Å²) in [4.78, 5) is 10.9. The molecule has 0 unspecified atom stereocenters. The Bertz CT molecular complexity index is 553. The number of hydrogen-bond donors (Lipinski definition) is 1. The number of benzene rings is 1. The van der Waals surface area contributed by atoms with Crippen LogP contribution in [-0.4, -0.2) is 10.2 Å². The van der Waals surface area contributed by atoms with Crippen LogP contribution in [0.4, 0.5) is 4.39 Å². The highest BCUT2D eigenvalue weighted by Gasteiger charge is 2.03. The zero-order valence-corrected chi connectivity index (χ0v) is 8.25. The zero-order valence-electron chi connectivity index (χ0n) is 7.50. The van der Waals surface area contributed by atoms with E-state index in [-0.39, 0.29) is 10.8 Å². The van der Waals surface area contributed by atoms with Crippen LogP contribution in [0, 0.1) is 5.82 Å². The summed E-state index contributed by atoms with van der Waals surface area (Å²) in [5.41, 5.74) is 0.532. The number of aromatic nitrogens is 2. The van der Waals surface area contributed by atoms with Gasteiger partial charge in [-0.25, -0.2) is 9.49 Å². The Morgan fingerprint density at radius 3 is 2.80 bits per heavy atom. The van der Waals surface area contributed by atoms with Gasteiger partial charge in [-0.3, -0.25) is 4.79 Å². The molecule has 5 heteroatoms. The molecular weight excluding hydrogens is 219 g/mol. The van der Waals surface area contributed by atoms with Gasteiger partial charge in [-0.15, -0.1) is 0 Å². The number of aromatic amines is 1. The molecule has 76 valence electrons. The topological polar surface area (TPSA) is 45.8 Å². The summed E-state index contributed by atoms with van der Waals surface area (Å²) in [6, 6.07) is 7.29. The van der Waals surface area contributed by atoms with E-state index in [4.69, 9.17) is 11.6 Å². The van der Waals surface area contributed by atoms with E-state index in [0.717, 1.165) is 0 Å². The molecule has 1 N–H and O–H groups in total.